The first-order valence-electron chi connectivity index (χ1n) is 7.29. The molecule has 108 valence electrons. The maximum atomic E-state index is 10.3. The Balaban J connectivity index is 2.48. The van der Waals surface area contributed by atoms with Crippen LogP contribution in [-0.4, -0.2) is 28.9 Å². The van der Waals surface area contributed by atoms with Gasteiger partial charge in [0.2, 0.25) is 0 Å². The number of hydrogen-bond donors (Lipinski definition) is 3. The van der Waals surface area contributed by atoms with Gasteiger partial charge in [-0.25, -0.2) is 0 Å². The molecule has 1 aromatic carbocycles. The van der Waals surface area contributed by atoms with Gasteiger partial charge < -0.3 is 15.5 Å². The Labute approximate surface area is 116 Å². The number of unbranched alkanes of at least 4 members (excludes halogenated alkanes) is 2. The van der Waals surface area contributed by atoms with E-state index < -0.39 is 6.10 Å². The van der Waals surface area contributed by atoms with E-state index in [1.807, 2.05) is 30.3 Å². The van der Waals surface area contributed by atoms with E-state index >= 15 is 0 Å². The Kier molecular flexibility index (Phi) is 7.72. The first-order valence-corrected chi connectivity index (χ1v) is 7.29. The number of rotatable bonds is 9. The molecule has 0 radical (unpaired) electrons. The summed E-state index contributed by atoms with van der Waals surface area (Å²) in [5.74, 6) is 0. The smallest absolute Gasteiger partial charge is 0.0965 e. The molecule has 19 heavy (non-hydrogen) atoms. The summed E-state index contributed by atoms with van der Waals surface area (Å²) in [6, 6.07) is 9.49. The summed E-state index contributed by atoms with van der Waals surface area (Å²) in [5.41, 5.74) is 0.842. The molecule has 0 aromatic heterocycles. The van der Waals surface area contributed by atoms with Gasteiger partial charge in [0, 0.05) is 6.04 Å². The van der Waals surface area contributed by atoms with Crippen LogP contribution in [0.4, 0.5) is 0 Å². The summed E-state index contributed by atoms with van der Waals surface area (Å²) in [5, 5.41) is 23.1. The molecule has 3 N–H and O–H groups in total. The Bertz CT molecular complexity index is 329. The second-order valence-corrected chi connectivity index (χ2v) is 5.21. The van der Waals surface area contributed by atoms with E-state index in [0.29, 0.717) is 6.04 Å². The summed E-state index contributed by atoms with van der Waals surface area (Å²) in [6.07, 6.45) is 4.04. The third-order valence-corrected chi connectivity index (χ3v) is 3.46. The fourth-order valence-corrected chi connectivity index (χ4v) is 2.28. The summed E-state index contributed by atoms with van der Waals surface area (Å²) in [4.78, 5) is 0. The number of aliphatic hydroxyl groups is 2. The van der Waals surface area contributed by atoms with Gasteiger partial charge in [-0.2, -0.15) is 0 Å². The highest BCUT2D eigenvalue weighted by Gasteiger charge is 2.21. The molecular weight excluding hydrogens is 238 g/mol. The van der Waals surface area contributed by atoms with Gasteiger partial charge in [-0.3, -0.25) is 0 Å². The van der Waals surface area contributed by atoms with Crippen LogP contribution in [0.1, 0.15) is 51.2 Å². The van der Waals surface area contributed by atoms with E-state index in [0.717, 1.165) is 12.0 Å². The van der Waals surface area contributed by atoms with Crippen molar-refractivity contribution in [2.45, 2.75) is 57.7 Å². The minimum Gasteiger partial charge on any atom is -0.395 e. The zero-order valence-electron chi connectivity index (χ0n) is 12.0. The molecule has 3 atom stereocenters. The topological polar surface area (TPSA) is 52.5 Å². The van der Waals surface area contributed by atoms with Crippen molar-refractivity contribution in [3.05, 3.63) is 35.9 Å². The van der Waals surface area contributed by atoms with Crippen molar-refractivity contribution in [2.75, 3.05) is 6.61 Å². The second kappa shape index (κ2) is 9.08. The maximum absolute atomic E-state index is 10.3. The molecule has 0 saturated heterocycles. The molecule has 0 spiro atoms. The molecular formula is C16H27NO2. The highest BCUT2D eigenvalue weighted by Crippen LogP contribution is 2.17. The third-order valence-electron chi connectivity index (χ3n) is 3.46. The quantitative estimate of drug-likeness (QED) is 0.602. The van der Waals surface area contributed by atoms with Gasteiger partial charge in [0.15, 0.2) is 0 Å². The van der Waals surface area contributed by atoms with E-state index in [1.165, 1.54) is 19.3 Å². The van der Waals surface area contributed by atoms with Crippen molar-refractivity contribution in [3.8, 4) is 0 Å². The van der Waals surface area contributed by atoms with Crippen molar-refractivity contribution in [1.29, 1.82) is 0 Å². The first-order chi connectivity index (χ1) is 9.19. The van der Waals surface area contributed by atoms with Gasteiger partial charge in [-0.05, 0) is 18.9 Å². The minimum absolute atomic E-state index is 0.0613. The van der Waals surface area contributed by atoms with Crippen LogP contribution in [0.3, 0.4) is 0 Å². The summed E-state index contributed by atoms with van der Waals surface area (Å²) < 4.78 is 0. The predicted octanol–water partition coefficient (Wildman–Crippen LogP) is 2.64. The second-order valence-electron chi connectivity index (χ2n) is 5.21. The lowest BCUT2D eigenvalue weighted by Crippen LogP contribution is -2.43. The molecule has 0 bridgehead atoms. The Hall–Kier alpha value is -0.900. The molecule has 3 nitrogen and oxygen atoms in total. The highest BCUT2D eigenvalue weighted by molar-refractivity contribution is 5.18. The standard InChI is InChI=1S/C16H27NO2/c1-3-4-6-9-13(2)17-15(12-18)16(19)14-10-7-5-8-11-14/h5,7-8,10-11,13,15-19H,3-4,6,9,12H2,1-2H3. The average Bonchev–Trinajstić information content (AvgIpc) is 2.45. The van der Waals surface area contributed by atoms with E-state index in [9.17, 15) is 10.2 Å². The van der Waals surface area contributed by atoms with Crippen molar-refractivity contribution < 1.29 is 10.2 Å². The molecule has 0 amide bonds. The molecule has 1 rings (SSSR count). The summed E-state index contributed by atoms with van der Waals surface area (Å²) in [6.45, 7) is 4.23. The van der Waals surface area contributed by atoms with Crippen LogP contribution in [0.15, 0.2) is 30.3 Å². The van der Waals surface area contributed by atoms with E-state index in [4.69, 9.17) is 0 Å². The SMILES string of the molecule is CCCCCC(C)NC(CO)C(O)c1ccccc1. The molecule has 1 aromatic rings. The summed E-state index contributed by atoms with van der Waals surface area (Å²) >= 11 is 0. The Morgan fingerprint density at radius 2 is 1.84 bits per heavy atom. The lowest BCUT2D eigenvalue weighted by atomic mass is 10.0. The van der Waals surface area contributed by atoms with Crippen LogP contribution < -0.4 is 5.32 Å². The van der Waals surface area contributed by atoms with E-state index in [2.05, 4.69) is 19.2 Å². The van der Waals surface area contributed by atoms with Crippen LogP contribution in [0.25, 0.3) is 0 Å². The number of aliphatic hydroxyl groups excluding tert-OH is 2. The average molecular weight is 265 g/mol. The van der Waals surface area contributed by atoms with Gasteiger partial charge in [0.1, 0.15) is 0 Å². The fraction of sp³-hybridized carbons (Fsp3) is 0.625. The Morgan fingerprint density at radius 1 is 1.16 bits per heavy atom. The zero-order valence-corrected chi connectivity index (χ0v) is 12.0. The largest absolute Gasteiger partial charge is 0.395 e. The van der Waals surface area contributed by atoms with Gasteiger partial charge >= 0.3 is 0 Å². The molecule has 0 aliphatic heterocycles. The van der Waals surface area contributed by atoms with Crippen LogP contribution in [0.2, 0.25) is 0 Å². The molecule has 0 aliphatic rings. The van der Waals surface area contributed by atoms with Gasteiger partial charge in [0.05, 0.1) is 18.8 Å². The number of hydrogen-bond acceptors (Lipinski definition) is 3. The molecule has 0 saturated carbocycles. The van der Waals surface area contributed by atoms with Crippen molar-refractivity contribution in [2.24, 2.45) is 0 Å². The van der Waals surface area contributed by atoms with Crippen molar-refractivity contribution in [3.63, 3.8) is 0 Å². The molecule has 0 aliphatic carbocycles. The number of benzene rings is 1. The summed E-state index contributed by atoms with van der Waals surface area (Å²) in [7, 11) is 0. The van der Waals surface area contributed by atoms with Crippen LogP contribution >= 0.6 is 0 Å². The fourth-order valence-electron chi connectivity index (χ4n) is 2.28. The van der Waals surface area contributed by atoms with Gasteiger partial charge in [-0.1, -0.05) is 56.5 Å². The minimum atomic E-state index is -0.667. The van der Waals surface area contributed by atoms with Crippen molar-refractivity contribution in [1.82, 2.24) is 5.32 Å². The molecule has 0 fully saturated rings. The molecule has 0 heterocycles. The van der Waals surface area contributed by atoms with Gasteiger partial charge in [0.25, 0.3) is 0 Å². The highest BCUT2D eigenvalue weighted by atomic mass is 16.3. The number of nitrogens with one attached hydrogen (secondary N) is 1. The zero-order chi connectivity index (χ0) is 14.1. The molecule has 3 heteroatoms. The third kappa shape index (κ3) is 5.72. The first kappa shape index (κ1) is 16.2. The Morgan fingerprint density at radius 3 is 2.42 bits per heavy atom. The van der Waals surface area contributed by atoms with E-state index in [-0.39, 0.29) is 12.6 Å². The monoisotopic (exact) mass is 265 g/mol. The normalized spacial score (nSPS) is 16.0. The lowest BCUT2D eigenvalue weighted by Gasteiger charge is -2.26. The van der Waals surface area contributed by atoms with Crippen molar-refractivity contribution >= 4 is 0 Å². The predicted molar refractivity (Wildman–Crippen MR) is 79.0 cm³/mol. The van der Waals surface area contributed by atoms with Crippen LogP contribution in [0, 0.1) is 0 Å². The molecule has 3 unspecified atom stereocenters. The van der Waals surface area contributed by atoms with Crippen LogP contribution in [0.5, 0.6) is 0 Å². The van der Waals surface area contributed by atoms with Gasteiger partial charge in [-0.15, -0.1) is 0 Å². The van der Waals surface area contributed by atoms with Crippen LogP contribution in [-0.2, 0) is 0 Å². The van der Waals surface area contributed by atoms with E-state index in [1.54, 1.807) is 0 Å². The maximum Gasteiger partial charge on any atom is 0.0965 e. The lowest BCUT2D eigenvalue weighted by molar-refractivity contribution is 0.0836.